The van der Waals surface area contributed by atoms with E-state index < -0.39 is 0 Å². The number of carbonyl (C=O) groups excluding carboxylic acids is 1. The highest BCUT2D eigenvalue weighted by Gasteiger charge is 2.16. The third-order valence-electron chi connectivity index (χ3n) is 2.18. The van der Waals surface area contributed by atoms with Gasteiger partial charge in [0.15, 0.2) is 0 Å². The van der Waals surface area contributed by atoms with E-state index in [1.807, 2.05) is 13.8 Å². The van der Waals surface area contributed by atoms with Crippen molar-refractivity contribution in [2.75, 3.05) is 13.2 Å². The summed E-state index contributed by atoms with van der Waals surface area (Å²) in [7, 11) is 0. The summed E-state index contributed by atoms with van der Waals surface area (Å²) >= 11 is 0. The molecule has 0 aliphatic rings. The first kappa shape index (κ1) is 13.4. The summed E-state index contributed by atoms with van der Waals surface area (Å²) in [5, 5.41) is 2.96. The molecule has 0 rings (SSSR count). The van der Waals surface area contributed by atoms with Crippen LogP contribution in [0.1, 0.15) is 47.0 Å². The number of nitrogens with one attached hydrogen (secondary N) is 1. The van der Waals surface area contributed by atoms with Crippen LogP contribution in [0.25, 0.3) is 0 Å². The molecular weight excluding hydrogens is 178 g/mol. The quantitative estimate of drug-likeness (QED) is 0.641. The van der Waals surface area contributed by atoms with E-state index in [1.54, 1.807) is 0 Å². The third-order valence-corrected chi connectivity index (χ3v) is 2.18. The molecule has 1 N–H and O–H groups in total. The van der Waals surface area contributed by atoms with Gasteiger partial charge in [-0.2, -0.15) is 0 Å². The molecule has 0 radical (unpaired) electrons. The van der Waals surface area contributed by atoms with Crippen molar-refractivity contribution < 1.29 is 9.53 Å². The van der Waals surface area contributed by atoms with E-state index in [4.69, 9.17) is 4.74 Å². The maximum Gasteiger partial charge on any atom is 0.222 e. The summed E-state index contributed by atoms with van der Waals surface area (Å²) < 4.78 is 5.24. The molecule has 0 aliphatic heterocycles. The van der Waals surface area contributed by atoms with Crippen LogP contribution in [0.5, 0.6) is 0 Å². The molecule has 0 spiro atoms. The van der Waals surface area contributed by atoms with Crippen molar-refractivity contribution in [3.05, 3.63) is 0 Å². The summed E-state index contributed by atoms with van der Waals surface area (Å²) in [6.07, 6.45) is 2.40. The van der Waals surface area contributed by atoms with Crippen LogP contribution < -0.4 is 5.32 Å². The van der Waals surface area contributed by atoms with Gasteiger partial charge < -0.3 is 10.1 Å². The molecular formula is C11H23NO2. The molecule has 0 heterocycles. The Labute approximate surface area is 87.2 Å². The van der Waals surface area contributed by atoms with E-state index in [1.165, 1.54) is 0 Å². The molecule has 0 fully saturated rings. The zero-order valence-corrected chi connectivity index (χ0v) is 9.85. The standard InChI is InChI=1S/C11H23NO2/c1-5-8-14-9-7-10(13)12-11(3,4)6-2/h5-9H2,1-4H3,(H,12,13). The van der Waals surface area contributed by atoms with Gasteiger partial charge in [-0.15, -0.1) is 0 Å². The smallest absolute Gasteiger partial charge is 0.222 e. The molecule has 0 saturated carbocycles. The second-order valence-corrected chi connectivity index (χ2v) is 4.15. The highest BCUT2D eigenvalue weighted by molar-refractivity contribution is 5.76. The first-order chi connectivity index (χ1) is 6.52. The molecule has 84 valence electrons. The highest BCUT2D eigenvalue weighted by atomic mass is 16.5. The maximum absolute atomic E-state index is 11.4. The van der Waals surface area contributed by atoms with E-state index in [0.717, 1.165) is 19.4 Å². The Morgan fingerprint density at radius 2 is 1.93 bits per heavy atom. The topological polar surface area (TPSA) is 38.3 Å². The van der Waals surface area contributed by atoms with E-state index in [0.29, 0.717) is 13.0 Å². The molecule has 0 aromatic heterocycles. The summed E-state index contributed by atoms with van der Waals surface area (Å²) in [5.74, 6) is 0.0768. The minimum absolute atomic E-state index is 0.0768. The van der Waals surface area contributed by atoms with Crippen LogP contribution in [0.3, 0.4) is 0 Å². The monoisotopic (exact) mass is 201 g/mol. The average molecular weight is 201 g/mol. The molecule has 0 aromatic rings. The number of hydrogen-bond donors (Lipinski definition) is 1. The first-order valence-electron chi connectivity index (χ1n) is 5.40. The zero-order chi connectivity index (χ0) is 11.0. The van der Waals surface area contributed by atoms with Gasteiger partial charge in [0.1, 0.15) is 0 Å². The number of carbonyl (C=O) groups is 1. The molecule has 0 aliphatic carbocycles. The van der Waals surface area contributed by atoms with Gasteiger partial charge in [0.2, 0.25) is 5.91 Å². The van der Waals surface area contributed by atoms with Crippen molar-refractivity contribution in [2.24, 2.45) is 0 Å². The van der Waals surface area contributed by atoms with Crippen LogP contribution in [-0.4, -0.2) is 24.7 Å². The Morgan fingerprint density at radius 1 is 1.29 bits per heavy atom. The molecule has 0 atom stereocenters. The fourth-order valence-corrected chi connectivity index (χ4v) is 0.940. The van der Waals surface area contributed by atoms with Crippen molar-refractivity contribution in [3.8, 4) is 0 Å². The Kier molecular flexibility index (Phi) is 6.54. The van der Waals surface area contributed by atoms with E-state index >= 15 is 0 Å². The van der Waals surface area contributed by atoms with Crippen molar-refractivity contribution in [2.45, 2.75) is 52.5 Å². The van der Waals surface area contributed by atoms with Gasteiger partial charge in [-0.3, -0.25) is 4.79 Å². The lowest BCUT2D eigenvalue weighted by Crippen LogP contribution is -2.43. The molecule has 0 unspecified atom stereocenters. The van der Waals surface area contributed by atoms with Gasteiger partial charge >= 0.3 is 0 Å². The lowest BCUT2D eigenvalue weighted by molar-refractivity contribution is -0.123. The van der Waals surface area contributed by atoms with E-state index in [9.17, 15) is 4.79 Å². The van der Waals surface area contributed by atoms with Crippen LogP contribution >= 0.6 is 0 Å². The van der Waals surface area contributed by atoms with Gasteiger partial charge in [-0.05, 0) is 26.7 Å². The molecule has 0 saturated heterocycles. The van der Waals surface area contributed by atoms with E-state index in [-0.39, 0.29) is 11.4 Å². The largest absolute Gasteiger partial charge is 0.381 e. The summed E-state index contributed by atoms with van der Waals surface area (Å²) in [6.45, 7) is 9.44. The van der Waals surface area contributed by atoms with Gasteiger partial charge in [0.05, 0.1) is 6.61 Å². The summed E-state index contributed by atoms with van der Waals surface area (Å²) in [6, 6.07) is 0. The summed E-state index contributed by atoms with van der Waals surface area (Å²) in [5.41, 5.74) is -0.0954. The SMILES string of the molecule is CCCOCCC(=O)NC(C)(C)CC. The minimum Gasteiger partial charge on any atom is -0.381 e. The number of rotatable bonds is 7. The minimum atomic E-state index is -0.0954. The molecule has 0 bridgehead atoms. The van der Waals surface area contributed by atoms with Crippen LogP contribution in [0.15, 0.2) is 0 Å². The van der Waals surface area contributed by atoms with Gasteiger partial charge in [0, 0.05) is 18.6 Å². The number of amides is 1. The van der Waals surface area contributed by atoms with E-state index in [2.05, 4.69) is 19.2 Å². The fraction of sp³-hybridized carbons (Fsp3) is 0.909. The summed E-state index contributed by atoms with van der Waals surface area (Å²) in [4.78, 5) is 11.4. The van der Waals surface area contributed by atoms with Gasteiger partial charge in [-0.1, -0.05) is 13.8 Å². The van der Waals surface area contributed by atoms with Crippen LogP contribution in [-0.2, 0) is 9.53 Å². The molecule has 1 amide bonds. The molecule has 0 aromatic carbocycles. The normalized spacial score (nSPS) is 11.4. The lowest BCUT2D eigenvalue weighted by Gasteiger charge is -2.24. The highest BCUT2D eigenvalue weighted by Crippen LogP contribution is 2.06. The Balaban J connectivity index is 3.55. The van der Waals surface area contributed by atoms with Gasteiger partial charge in [-0.25, -0.2) is 0 Å². The Hall–Kier alpha value is -0.570. The number of ether oxygens (including phenoxy) is 1. The van der Waals surface area contributed by atoms with Crippen molar-refractivity contribution in [3.63, 3.8) is 0 Å². The van der Waals surface area contributed by atoms with Gasteiger partial charge in [0.25, 0.3) is 0 Å². The second-order valence-electron chi connectivity index (χ2n) is 4.15. The first-order valence-corrected chi connectivity index (χ1v) is 5.40. The second kappa shape index (κ2) is 6.82. The zero-order valence-electron chi connectivity index (χ0n) is 9.85. The van der Waals surface area contributed by atoms with Crippen LogP contribution in [0, 0.1) is 0 Å². The van der Waals surface area contributed by atoms with Crippen LogP contribution in [0.2, 0.25) is 0 Å². The lowest BCUT2D eigenvalue weighted by atomic mass is 10.0. The Morgan fingerprint density at radius 3 is 2.43 bits per heavy atom. The number of hydrogen-bond acceptors (Lipinski definition) is 2. The predicted octanol–water partition coefficient (Wildman–Crippen LogP) is 2.11. The van der Waals surface area contributed by atoms with Crippen molar-refractivity contribution in [1.29, 1.82) is 0 Å². The predicted molar refractivity (Wildman–Crippen MR) is 58.2 cm³/mol. The average Bonchev–Trinajstić information content (AvgIpc) is 2.12. The molecule has 14 heavy (non-hydrogen) atoms. The molecule has 3 nitrogen and oxygen atoms in total. The Bertz CT molecular complexity index is 167. The molecule has 3 heteroatoms. The third kappa shape index (κ3) is 6.89. The fourth-order valence-electron chi connectivity index (χ4n) is 0.940. The van der Waals surface area contributed by atoms with Crippen molar-refractivity contribution in [1.82, 2.24) is 5.32 Å². The maximum atomic E-state index is 11.4. The van der Waals surface area contributed by atoms with Crippen LogP contribution in [0.4, 0.5) is 0 Å². The van der Waals surface area contributed by atoms with Crippen molar-refractivity contribution >= 4 is 5.91 Å².